The molecule has 0 aromatic rings. The Kier molecular flexibility index (Phi) is 14.0. The van der Waals surface area contributed by atoms with E-state index in [4.69, 9.17) is 14.2 Å². The van der Waals surface area contributed by atoms with Gasteiger partial charge in [0.15, 0.2) is 0 Å². The van der Waals surface area contributed by atoms with Crippen LogP contribution >= 0.6 is 0 Å². The Balaban J connectivity index is 0. The third-order valence-electron chi connectivity index (χ3n) is 1.67. The molecule has 0 unspecified atom stereocenters. The molecule has 0 rings (SSSR count). The number of ether oxygens (including phenoxy) is 3. The van der Waals surface area contributed by atoms with Crippen molar-refractivity contribution >= 4 is 6.29 Å². The van der Waals surface area contributed by atoms with Crippen LogP contribution in [0.1, 0.15) is 40.0 Å². The molecule has 0 aliphatic heterocycles. The van der Waals surface area contributed by atoms with Gasteiger partial charge in [-0.25, -0.2) is 0 Å². The molecule has 4 nitrogen and oxygen atoms in total. The van der Waals surface area contributed by atoms with Crippen LogP contribution in [0, 0.1) is 0 Å². The van der Waals surface area contributed by atoms with Crippen molar-refractivity contribution in [3.63, 3.8) is 0 Å². The first-order chi connectivity index (χ1) is 7.24. The van der Waals surface area contributed by atoms with Gasteiger partial charge in [-0.3, -0.25) is 4.79 Å². The minimum atomic E-state index is -1.48. The molecule has 0 saturated heterocycles. The zero-order valence-electron chi connectivity index (χ0n) is 10.5. The molecule has 0 fully saturated rings. The first-order valence-electron chi connectivity index (χ1n) is 5.62. The molecule has 0 saturated carbocycles. The van der Waals surface area contributed by atoms with E-state index in [0.717, 1.165) is 19.3 Å². The maximum absolute atomic E-state index is 11.0. The van der Waals surface area contributed by atoms with Gasteiger partial charge in [-0.15, -0.1) is 0 Å². The molecule has 0 atom stereocenters. The fourth-order valence-corrected chi connectivity index (χ4v) is 0.960. The maximum atomic E-state index is 11.0. The van der Waals surface area contributed by atoms with Gasteiger partial charge in [0, 0.05) is 26.2 Å². The van der Waals surface area contributed by atoms with E-state index in [2.05, 4.69) is 0 Å². The molecule has 0 aromatic carbocycles. The van der Waals surface area contributed by atoms with Gasteiger partial charge >= 0.3 is 5.97 Å². The van der Waals surface area contributed by atoms with Gasteiger partial charge < -0.3 is 14.2 Å². The summed E-state index contributed by atoms with van der Waals surface area (Å²) in [5.74, 6) is -1.48. The standard InChI is InChI=1S/C11H22O4.Zr/c1-4-7-13-11(10-12,14-8-5-2)15-9-6-3;/h10H,4-9H2,1-3H3;. The summed E-state index contributed by atoms with van der Waals surface area (Å²) in [4.78, 5) is 11.0. The summed E-state index contributed by atoms with van der Waals surface area (Å²) < 4.78 is 16.0. The minimum Gasteiger partial charge on any atom is -0.321 e. The quantitative estimate of drug-likeness (QED) is 0.458. The summed E-state index contributed by atoms with van der Waals surface area (Å²) in [7, 11) is 0. The Morgan fingerprint density at radius 3 is 1.38 bits per heavy atom. The molecule has 0 bridgehead atoms. The molecule has 0 amide bonds. The molecule has 0 spiro atoms. The van der Waals surface area contributed by atoms with Gasteiger partial charge in [-0.05, 0) is 19.3 Å². The Labute approximate surface area is 117 Å². The summed E-state index contributed by atoms with van der Waals surface area (Å²) >= 11 is 0. The molecule has 0 radical (unpaired) electrons. The smallest absolute Gasteiger partial charge is 0.321 e. The second-order valence-corrected chi connectivity index (χ2v) is 3.27. The van der Waals surface area contributed by atoms with Crippen LogP contribution in [0.3, 0.4) is 0 Å². The minimum absolute atomic E-state index is 0. The predicted molar refractivity (Wildman–Crippen MR) is 57.5 cm³/mol. The molecule has 0 N–H and O–H groups in total. The first kappa shape index (κ1) is 18.8. The molecule has 0 aliphatic carbocycles. The molecule has 16 heavy (non-hydrogen) atoms. The Morgan fingerprint density at radius 1 is 0.875 bits per heavy atom. The molecule has 0 aromatic heterocycles. The number of carbonyl (C=O) groups is 1. The van der Waals surface area contributed by atoms with Gasteiger partial charge in [0.05, 0.1) is 19.8 Å². The van der Waals surface area contributed by atoms with Gasteiger partial charge in [-0.2, -0.15) is 0 Å². The van der Waals surface area contributed by atoms with Crippen LogP contribution in [0.2, 0.25) is 0 Å². The van der Waals surface area contributed by atoms with Crippen LogP contribution in [0.25, 0.3) is 0 Å². The van der Waals surface area contributed by atoms with Crippen LogP contribution in [-0.4, -0.2) is 32.1 Å². The largest absolute Gasteiger partial charge is 0.343 e. The van der Waals surface area contributed by atoms with Crippen molar-refractivity contribution in [1.82, 2.24) is 0 Å². The zero-order valence-corrected chi connectivity index (χ0v) is 12.9. The van der Waals surface area contributed by atoms with Crippen molar-refractivity contribution in [3.05, 3.63) is 0 Å². The average Bonchev–Trinajstić information content (AvgIpc) is 2.29. The van der Waals surface area contributed by atoms with Gasteiger partial charge in [0.2, 0.25) is 6.29 Å². The molecular weight excluding hydrogens is 287 g/mol. The second kappa shape index (κ2) is 11.9. The maximum Gasteiger partial charge on any atom is 0.343 e. The van der Waals surface area contributed by atoms with Crippen molar-refractivity contribution < 1.29 is 45.2 Å². The number of aldehydes is 1. The van der Waals surface area contributed by atoms with E-state index >= 15 is 0 Å². The van der Waals surface area contributed by atoms with E-state index in [0.29, 0.717) is 26.1 Å². The summed E-state index contributed by atoms with van der Waals surface area (Å²) in [5, 5.41) is 0. The Hall–Kier alpha value is 0.433. The van der Waals surface area contributed by atoms with Crippen molar-refractivity contribution in [2.45, 2.75) is 46.0 Å². The summed E-state index contributed by atoms with van der Waals surface area (Å²) in [5.41, 5.74) is 0. The van der Waals surface area contributed by atoms with E-state index in [1.807, 2.05) is 20.8 Å². The molecule has 0 heterocycles. The number of carbonyl (C=O) groups excluding carboxylic acids is 1. The molecule has 0 aliphatic rings. The fourth-order valence-electron chi connectivity index (χ4n) is 0.960. The fraction of sp³-hybridized carbons (Fsp3) is 0.909. The van der Waals surface area contributed by atoms with E-state index in [9.17, 15) is 4.79 Å². The topological polar surface area (TPSA) is 44.8 Å². The molecule has 94 valence electrons. The Morgan fingerprint density at radius 2 is 1.19 bits per heavy atom. The molecule has 5 heteroatoms. The first-order valence-corrected chi connectivity index (χ1v) is 5.62. The average molecular weight is 310 g/mol. The van der Waals surface area contributed by atoms with Crippen LogP contribution < -0.4 is 0 Å². The summed E-state index contributed by atoms with van der Waals surface area (Å²) in [6, 6.07) is 0. The van der Waals surface area contributed by atoms with Crippen LogP contribution in [0.5, 0.6) is 0 Å². The normalized spacial score (nSPS) is 10.9. The van der Waals surface area contributed by atoms with Crippen molar-refractivity contribution in [2.75, 3.05) is 19.8 Å². The van der Waals surface area contributed by atoms with Crippen LogP contribution in [0.15, 0.2) is 0 Å². The summed E-state index contributed by atoms with van der Waals surface area (Å²) in [6.45, 7) is 7.25. The molecular formula is C11H22O4Zr. The van der Waals surface area contributed by atoms with Gasteiger partial charge in [0.1, 0.15) is 0 Å². The third kappa shape index (κ3) is 7.67. The van der Waals surface area contributed by atoms with Crippen LogP contribution in [0.4, 0.5) is 0 Å². The predicted octanol–water partition coefficient (Wildman–Crippen LogP) is 2.12. The van der Waals surface area contributed by atoms with Crippen molar-refractivity contribution in [2.24, 2.45) is 0 Å². The number of hydrogen-bond donors (Lipinski definition) is 0. The van der Waals surface area contributed by atoms with Crippen LogP contribution in [-0.2, 0) is 45.2 Å². The number of rotatable bonds is 10. The van der Waals surface area contributed by atoms with E-state index in [-0.39, 0.29) is 26.2 Å². The van der Waals surface area contributed by atoms with E-state index in [1.54, 1.807) is 0 Å². The monoisotopic (exact) mass is 308 g/mol. The third-order valence-corrected chi connectivity index (χ3v) is 1.67. The Bertz CT molecular complexity index is 142. The van der Waals surface area contributed by atoms with E-state index in [1.165, 1.54) is 0 Å². The SMILES string of the molecule is CCCOC(C=O)(OCCC)OCCC.[Zr]. The van der Waals surface area contributed by atoms with Crippen molar-refractivity contribution in [3.8, 4) is 0 Å². The van der Waals surface area contributed by atoms with Gasteiger partial charge in [-0.1, -0.05) is 20.8 Å². The zero-order chi connectivity index (χ0) is 11.6. The second-order valence-electron chi connectivity index (χ2n) is 3.27. The summed E-state index contributed by atoms with van der Waals surface area (Å²) in [6.07, 6.45) is 3.05. The number of hydrogen-bond acceptors (Lipinski definition) is 4. The van der Waals surface area contributed by atoms with E-state index < -0.39 is 5.97 Å². The van der Waals surface area contributed by atoms with Gasteiger partial charge in [0.25, 0.3) is 0 Å². The van der Waals surface area contributed by atoms with Crippen molar-refractivity contribution in [1.29, 1.82) is 0 Å².